The Morgan fingerprint density at radius 2 is 1.47 bits per heavy atom. The molecule has 0 aromatic heterocycles. The number of benzene rings is 2. The summed E-state index contributed by atoms with van der Waals surface area (Å²) in [5.74, 6) is -0.291. The molecule has 0 aliphatic carbocycles. The number of phenols is 1. The van der Waals surface area contributed by atoms with E-state index in [1.165, 1.54) is 12.1 Å². The molecule has 0 heterocycles. The van der Waals surface area contributed by atoms with E-state index in [0.717, 1.165) is 11.1 Å². The minimum absolute atomic E-state index is 0.117. The fourth-order valence-corrected chi connectivity index (χ4v) is 6.22. The number of phenolic OH excluding ortho intramolecular Hbond substituents is 1. The molecule has 0 saturated carbocycles. The van der Waals surface area contributed by atoms with Crippen LogP contribution in [0.15, 0.2) is 54.6 Å². The summed E-state index contributed by atoms with van der Waals surface area (Å²) in [5.41, 5.74) is 1.67. The Kier molecular flexibility index (Phi) is 13.0. The second-order valence-electron chi connectivity index (χ2n) is 7.98. The second kappa shape index (κ2) is 15.9. The van der Waals surface area contributed by atoms with Gasteiger partial charge in [0.15, 0.2) is 6.10 Å². The Morgan fingerprint density at radius 3 is 2.06 bits per heavy atom. The summed E-state index contributed by atoms with van der Waals surface area (Å²) in [7, 11) is -2.80. The van der Waals surface area contributed by atoms with Crippen LogP contribution in [0, 0.1) is 0 Å². The van der Waals surface area contributed by atoms with Gasteiger partial charge in [-0.1, -0.05) is 42.5 Å². The van der Waals surface area contributed by atoms with Crippen LogP contribution in [-0.4, -0.2) is 58.4 Å². The van der Waals surface area contributed by atoms with E-state index < -0.39 is 26.9 Å². The van der Waals surface area contributed by atoms with Crippen molar-refractivity contribution in [2.75, 3.05) is 26.4 Å². The normalized spacial score (nSPS) is 12.1. The van der Waals surface area contributed by atoms with Crippen molar-refractivity contribution in [2.24, 2.45) is 0 Å². The van der Waals surface area contributed by atoms with Gasteiger partial charge in [-0.05, 0) is 50.5 Å². The molecule has 1 atom stereocenters. The minimum atomic E-state index is -2.80. The van der Waals surface area contributed by atoms with Gasteiger partial charge < -0.3 is 33.8 Å². The summed E-state index contributed by atoms with van der Waals surface area (Å²) >= 11 is 0. The Bertz CT molecular complexity index is 895. The summed E-state index contributed by atoms with van der Waals surface area (Å²) in [5, 5.41) is 15.1. The van der Waals surface area contributed by atoms with E-state index in [1.807, 2.05) is 51.1 Å². The molecule has 0 radical (unpaired) electrons. The average Bonchev–Trinajstić information content (AvgIpc) is 2.87. The fraction of sp³-hybridized carbons (Fsp3) is 0.462. The van der Waals surface area contributed by atoms with E-state index in [9.17, 15) is 14.7 Å². The van der Waals surface area contributed by atoms with Crippen molar-refractivity contribution >= 4 is 20.8 Å². The molecule has 0 aliphatic heterocycles. The summed E-state index contributed by atoms with van der Waals surface area (Å²) in [4.78, 5) is 25.4. The monoisotopic (exact) mass is 518 g/mol. The van der Waals surface area contributed by atoms with Crippen molar-refractivity contribution in [3.63, 3.8) is 0 Å². The van der Waals surface area contributed by atoms with E-state index in [0.29, 0.717) is 38.8 Å². The van der Waals surface area contributed by atoms with Gasteiger partial charge in [0.25, 0.3) is 5.91 Å². The maximum Gasteiger partial charge on any atom is 0.500 e. The maximum absolute atomic E-state index is 13.0. The largest absolute Gasteiger partial charge is 0.508 e. The molecular formula is C26H38N2O7Si. The highest BCUT2D eigenvalue weighted by Crippen LogP contribution is 2.18. The van der Waals surface area contributed by atoms with E-state index in [2.05, 4.69) is 10.6 Å². The molecule has 36 heavy (non-hydrogen) atoms. The molecule has 0 aliphatic rings. The zero-order valence-electron chi connectivity index (χ0n) is 21.3. The number of nitrogens with one attached hydrogen (secondary N) is 2. The van der Waals surface area contributed by atoms with Crippen molar-refractivity contribution in [1.82, 2.24) is 10.6 Å². The van der Waals surface area contributed by atoms with Crippen LogP contribution in [0.25, 0.3) is 0 Å². The number of rotatable bonds is 16. The van der Waals surface area contributed by atoms with Crippen molar-refractivity contribution in [3.8, 4) is 5.75 Å². The molecule has 0 fully saturated rings. The van der Waals surface area contributed by atoms with E-state index in [4.69, 9.17) is 18.0 Å². The lowest BCUT2D eigenvalue weighted by molar-refractivity contribution is -0.129. The van der Waals surface area contributed by atoms with Crippen molar-refractivity contribution in [2.45, 2.75) is 52.3 Å². The number of carbonyl (C=O) groups excluding carboxylic acids is 2. The Balaban J connectivity index is 1.96. The highest BCUT2D eigenvalue weighted by atomic mass is 28.4. The van der Waals surface area contributed by atoms with Gasteiger partial charge in [-0.3, -0.25) is 4.79 Å². The third-order valence-corrected chi connectivity index (χ3v) is 8.38. The van der Waals surface area contributed by atoms with Gasteiger partial charge >= 0.3 is 14.9 Å². The Morgan fingerprint density at radius 1 is 0.861 bits per heavy atom. The Labute approximate surface area is 214 Å². The van der Waals surface area contributed by atoms with Gasteiger partial charge in [0.2, 0.25) is 0 Å². The third-order valence-electron chi connectivity index (χ3n) is 5.23. The zero-order chi connectivity index (χ0) is 26.2. The summed E-state index contributed by atoms with van der Waals surface area (Å²) in [6.07, 6.45) is -0.976. The van der Waals surface area contributed by atoms with Crippen LogP contribution in [0.5, 0.6) is 5.75 Å². The molecule has 2 aromatic rings. The molecule has 2 amide bonds. The van der Waals surface area contributed by atoms with Crippen LogP contribution in [-0.2, 0) is 35.8 Å². The van der Waals surface area contributed by atoms with Crippen LogP contribution in [0.3, 0.4) is 0 Å². The van der Waals surface area contributed by atoms with E-state index >= 15 is 0 Å². The first-order valence-electron chi connectivity index (χ1n) is 12.4. The number of hydrogen-bond acceptors (Lipinski definition) is 7. The molecule has 2 aromatic carbocycles. The maximum atomic E-state index is 13.0. The van der Waals surface area contributed by atoms with Gasteiger partial charge in [0.1, 0.15) is 5.75 Å². The first-order valence-corrected chi connectivity index (χ1v) is 14.3. The smallest absolute Gasteiger partial charge is 0.500 e. The molecule has 0 spiro atoms. The minimum Gasteiger partial charge on any atom is -0.508 e. The lowest BCUT2D eigenvalue weighted by Gasteiger charge is -2.28. The van der Waals surface area contributed by atoms with Crippen LogP contribution in [0.4, 0.5) is 4.79 Å². The van der Waals surface area contributed by atoms with E-state index in [1.54, 1.807) is 12.1 Å². The number of aromatic hydroxyl groups is 1. The summed E-state index contributed by atoms with van der Waals surface area (Å²) in [6, 6.07) is 16.4. The molecule has 10 heteroatoms. The van der Waals surface area contributed by atoms with Crippen LogP contribution >= 0.6 is 0 Å². The molecular weight excluding hydrogens is 480 g/mol. The molecule has 198 valence electrons. The fourth-order valence-electron chi connectivity index (χ4n) is 3.61. The van der Waals surface area contributed by atoms with Crippen molar-refractivity contribution in [3.05, 3.63) is 65.7 Å². The number of carbonyl (C=O) groups is 2. The molecule has 0 bridgehead atoms. The number of hydrogen-bond donors (Lipinski definition) is 3. The van der Waals surface area contributed by atoms with Crippen LogP contribution in [0.2, 0.25) is 6.04 Å². The SMILES string of the molecule is CCO[Si](CCCNC(=O)[C@H](Cc1ccc(O)cc1)OC(=O)NCc1ccccc1)(OCC)OCC. The van der Waals surface area contributed by atoms with E-state index in [-0.39, 0.29) is 18.7 Å². The molecule has 3 N–H and O–H groups in total. The topological polar surface area (TPSA) is 115 Å². The first kappa shape index (κ1) is 29.3. The third kappa shape index (κ3) is 10.4. The van der Waals surface area contributed by atoms with Crippen LogP contribution in [0.1, 0.15) is 38.3 Å². The van der Waals surface area contributed by atoms with Gasteiger partial charge in [0.05, 0.1) is 0 Å². The number of alkyl carbamates (subject to hydrolysis) is 1. The highest BCUT2D eigenvalue weighted by molar-refractivity contribution is 6.60. The quantitative estimate of drug-likeness (QED) is 0.229. The van der Waals surface area contributed by atoms with Gasteiger partial charge in [-0.25, -0.2) is 4.79 Å². The lowest BCUT2D eigenvalue weighted by atomic mass is 10.1. The van der Waals surface area contributed by atoms with Crippen molar-refractivity contribution < 1.29 is 32.7 Å². The number of amides is 2. The molecule has 0 saturated heterocycles. The zero-order valence-corrected chi connectivity index (χ0v) is 22.3. The number of ether oxygens (including phenoxy) is 1. The predicted molar refractivity (Wildman–Crippen MR) is 138 cm³/mol. The van der Waals surface area contributed by atoms with Crippen LogP contribution < -0.4 is 10.6 Å². The first-order chi connectivity index (χ1) is 17.4. The van der Waals surface area contributed by atoms with Gasteiger partial charge in [0, 0.05) is 45.4 Å². The Hall–Kier alpha value is -2.92. The second-order valence-corrected chi connectivity index (χ2v) is 10.7. The van der Waals surface area contributed by atoms with Gasteiger partial charge in [-0.15, -0.1) is 0 Å². The average molecular weight is 519 g/mol. The van der Waals surface area contributed by atoms with Crippen molar-refractivity contribution in [1.29, 1.82) is 0 Å². The van der Waals surface area contributed by atoms with Gasteiger partial charge in [-0.2, -0.15) is 0 Å². The lowest BCUT2D eigenvalue weighted by Crippen LogP contribution is -2.47. The summed E-state index contributed by atoms with van der Waals surface area (Å²) in [6.45, 7) is 7.78. The molecule has 0 unspecified atom stereocenters. The molecule has 9 nitrogen and oxygen atoms in total. The molecule has 2 rings (SSSR count). The summed E-state index contributed by atoms with van der Waals surface area (Å²) < 4.78 is 23.1. The predicted octanol–water partition coefficient (Wildman–Crippen LogP) is 3.78. The standard InChI is InChI=1S/C26H38N2O7Si/c1-4-32-36(33-5-2,34-6-3)18-10-17-27-25(30)24(19-21-13-15-23(29)16-14-21)35-26(31)28-20-22-11-8-7-9-12-22/h7-9,11-16,24,29H,4-6,10,17-20H2,1-3H3,(H,27,30)(H,28,31)/t24-/m0/s1. The highest BCUT2D eigenvalue weighted by Gasteiger charge is 2.39.